The molecule has 4 heteroatoms. The molecule has 4 aromatic carbocycles. The summed E-state index contributed by atoms with van der Waals surface area (Å²) in [7, 11) is 0. The van der Waals surface area contributed by atoms with Crippen molar-refractivity contribution in [1.29, 1.82) is 0 Å². The first-order valence-corrected chi connectivity index (χ1v) is 21.1. The quantitative estimate of drug-likeness (QED) is 0.111. The molecule has 0 spiro atoms. The molecule has 4 aromatic rings. The average molecular weight is 687 g/mol. The molecule has 0 N–H and O–H groups in total. The molecule has 0 aromatic heterocycles. The minimum absolute atomic E-state index is 0.316. The van der Waals surface area contributed by atoms with Gasteiger partial charge in [-0.25, -0.2) is 0 Å². The van der Waals surface area contributed by atoms with E-state index in [1.165, 1.54) is 42.3 Å². The summed E-state index contributed by atoms with van der Waals surface area (Å²) < 4.78 is 2.81. The zero-order valence-corrected chi connectivity index (χ0v) is 29.7. The van der Waals surface area contributed by atoms with E-state index in [-0.39, 0.29) is 0 Å². The third-order valence-electron chi connectivity index (χ3n) is 7.41. The van der Waals surface area contributed by atoms with Crippen LogP contribution in [0.3, 0.4) is 0 Å². The van der Waals surface area contributed by atoms with Crippen LogP contribution in [-0.4, -0.2) is 38.7 Å². The van der Waals surface area contributed by atoms with Gasteiger partial charge in [-0.1, -0.05) is 0 Å². The number of aliphatic imine (C=N–C) groups is 2. The number of benzene rings is 4. The Morgan fingerprint density at radius 2 is 0.738 bits per heavy atom. The third kappa shape index (κ3) is 8.00. The van der Waals surface area contributed by atoms with Crippen LogP contribution in [-0.2, 0) is 0 Å². The van der Waals surface area contributed by atoms with Gasteiger partial charge in [0.05, 0.1) is 0 Å². The fourth-order valence-electron chi connectivity index (χ4n) is 5.01. The van der Waals surface area contributed by atoms with Gasteiger partial charge in [-0.05, 0) is 0 Å². The maximum atomic E-state index is 5.13. The van der Waals surface area contributed by atoms with Crippen molar-refractivity contribution >= 4 is 59.0 Å². The van der Waals surface area contributed by atoms with E-state index in [9.17, 15) is 0 Å². The van der Waals surface area contributed by atoms with Crippen LogP contribution in [0.25, 0.3) is 0 Å². The summed E-state index contributed by atoms with van der Waals surface area (Å²) in [6, 6.07) is 30.8. The van der Waals surface area contributed by atoms with Crippen molar-refractivity contribution in [3.05, 3.63) is 118 Å². The minimum atomic E-state index is 0.316. The zero-order chi connectivity index (χ0) is 30.2. The van der Waals surface area contributed by atoms with E-state index >= 15 is 0 Å². The molecule has 0 bridgehead atoms. The van der Waals surface area contributed by atoms with Crippen molar-refractivity contribution in [2.24, 2.45) is 9.98 Å². The fourth-order valence-corrected chi connectivity index (χ4v) is 12.1. The predicted octanol–water partition coefficient (Wildman–Crippen LogP) is 8.96. The van der Waals surface area contributed by atoms with Gasteiger partial charge in [0.25, 0.3) is 0 Å². The molecule has 4 rings (SSSR count). The Morgan fingerprint density at radius 3 is 1.05 bits per heavy atom. The Hall–Kier alpha value is -2.74. The van der Waals surface area contributed by atoms with Crippen molar-refractivity contribution in [2.45, 2.75) is 79.1 Å². The van der Waals surface area contributed by atoms with Crippen LogP contribution in [0.2, 0.25) is 0 Å². The van der Waals surface area contributed by atoms with Crippen molar-refractivity contribution in [3.8, 4) is 0 Å². The van der Waals surface area contributed by atoms with E-state index in [2.05, 4.69) is 153 Å². The Balaban J connectivity index is 1.61. The first kappa shape index (κ1) is 32.2. The van der Waals surface area contributed by atoms with Gasteiger partial charge in [-0.15, -0.1) is 0 Å². The topological polar surface area (TPSA) is 24.7 Å². The standard InChI is InChI=1S/C38H44N2Se2/c1-25(2)31-17-13-18-32(26(3)4)37(31)39-23-29-15-9-11-21-35(29)41-42-36-22-12-10-16-30(36)24-40-38-33(27(5)6)19-14-20-34(38)28(7)8/h9-28H,1-8H3. The van der Waals surface area contributed by atoms with E-state index in [4.69, 9.17) is 9.98 Å². The van der Waals surface area contributed by atoms with Crippen molar-refractivity contribution in [1.82, 2.24) is 0 Å². The molecule has 0 amide bonds. The van der Waals surface area contributed by atoms with Crippen LogP contribution in [0.4, 0.5) is 11.4 Å². The molecule has 0 saturated heterocycles. The second-order valence-electron chi connectivity index (χ2n) is 11.9. The molecule has 218 valence electrons. The molecule has 0 fully saturated rings. The molecule has 42 heavy (non-hydrogen) atoms. The summed E-state index contributed by atoms with van der Waals surface area (Å²) in [5, 5.41) is 0. The Labute approximate surface area is 265 Å². The number of hydrogen-bond acceptors (Lipinski definition) is 2. The molecule has 0 unspecified atom stereocenters. The van der Waals surface area contributed by atoms with Gasteiger partial charge in [0.2, 0.25) is 0 Å². The van der Waals surface area contributed by atoms with E-state index < -0.39 is 0 Å². The van der Waals surface area contributed by atoms with Crippen LogP contribution in [0, 0.1) is 0 Å². The predicted molar refractivity (Wildman–Crippen MR) is 187 cm³/mol. The van der Waals surface area contributed by atoms with Gasteiger partial charge in [0.1, 0.15) is 0 Å². The molecular formula is C38H44N2Se2. The first-order chi connectivity index (χ1) is 20.2. The van der Waals surface area contributed by atoms with Crippen molar-refractivity contribution < 1.29 is 0 Å². The maximum absolute atomic E-state index is 5.13. The number of rotatable bonds is 11. The molecule has 2 nitrogen and oxygen atoms in total. The molecule has 0 atom stereocenters. The summed E-state index contributed by atoms with van der Waals surface area (Å²) >= 11 is 0.633. The van der Waals surface area contributed by atoms with Gasteiger partial charge in [-0.3, -0.25) is 0 Å². The molecule has 0 saturated carbocycles. The monoisotopic (exact) mass is 688 g/mol. The summed E-state index contributed by atoms with van der Waals surface area (Å²) in [6.07, 6.45) is 4.20. The van der Waals surface area contributed by atoms with E-state index in [0.29, 0.717) is 49.9 Å². The van der Waals surface area contributed by atoms with Gasteiger partial charge < -0.3 is 0 Å². The normalized spacial score (nSPS) is 12.2. The Morgan fingerprint density at radius 1 is 0.429 bits per heavy atom. The Bertz CT molecular complexity index is 1380. The number of para-hydroxylation sites is 2. The average Bonchev–Trinajstić information content (AvgIpc) is 2.98. The molecule has 0 aliphatic rings. The molecule has 0 heterocycles. The molecular weight excluding hydrogens is 642 g/mol. The van der Waals surface area contributed by atoms with Gasteiger partial charge in [0.15, 0.2) is 0 Å². The van der Waals surface area contributed by atoms with Crippen LogP contribution >= 0.6 is 0 Å². The van der Waals surface area contributed by atoms with E-state index in [1.807, 2.05) is 0 Å². The van der Waals surface area contributed by atoms with Gasteiger partial charge in [-0.2, -0.15) is 0 Å². The third-order valence-corrected chi connectivity index (χ3v) is 14.7. The van der Waals surface area contributed by atoms with Crippen LogP contribution < -0.4 is 8.92 Å². The van der Waals surface area contributed by atoms with Crippen LogP contribution in [0.15, 0.2) is 94.9 Å². The summed E-state index contributed by atoms with van der Waals surface area (Å²) in [5.74, 6) is 1.73. The molecule has 0 radical (unpaired) electrons. The number of nitrogens with zero attached hydrogens (tertiary/aromatic N) is 2. The van der Waals surface area contributed by atoms with Gasteiger partial charge >= 0.3 is 266 Å². The summed E-state index contributed by atoms with van der Waals surface area (Å²) in [6.45, 7) is 18.0. The van der Waals surface area contributed by atoms with Gasteiger partial charge in [0, 0.05) is 0 Å². The van der Waals surface area contributed by atoms with Crippen molar-refractivity contribution in [2.75, 3.05) is 0 Å². The van der Waals surface area contributed by atoms with Crippen LogP contribution in [0.5, 0.6) is 0 Å². The second-order valence-corrected chi connectivity index (χ2v) is 18.1. The molecule has 0 aliphatic carbocycles. The van der Waals surface area contributed by atoms with E-state index in [0.717, 1.165) is 11.4 Å². The van der Waals surface area contributed by atoms with Crippen LogP contribution in [0.1, 0.15) is 112 Å². The summed E-state index contributed by atoms with van der Waals surface area (Å²) in [4.78, 5) is 10.3. The zero-order valence-electron chi connectivity index (χ0n) is 26.3. The molecule has 0 aliphatic heterocycles. The second kappa shape index (κ2) is 15.1. The number of hydrogen-bond donors (Lipinski definition) is 0. The van der Waals surface area contributed by atoms with Crippen molar-refractivity contribution in [3.63, 3.8) is 0 Å². The summed E-state index contributed by atoms with van der Waals surface area (Å²) in [5.41, 5.74) is 10.0. The first-order valence-electron chi connectivity index (χ1n) is 15.0. The fraction of sp³-hybridized carbons (Fsp3) is 0.316. The SMILES string of the molecule is CC(C)c1cccc(C(C)C)c1N=Cc1ccccc1[Se][Se]c1ccccc1C=Nc1c(C(C)C)cccc1C(C)C. The van der Waals surface area contributed by atoms with E-state index in [1.54, 1.807) is 0 Å². The Kier molecular flexibility index (Phi) is 11.6.